The molecule has 55 heavy (non-hydrogen) atoms. The highest BCUT2D eigenvalue weighted by Gasteiger charge is 2.41. The second kappa shape index (κ2) is 19.8. The zero-order valence-corrected chi connectivity index (χ0v) is 31.3. The maximum atomic E-state index is 15.4. The van der Waals surface area contributed by atoms with E-state index >= 15 is 8.78 Å². The van der Waals surface area contributed by atoms with Gasteiger partial charge in [0, 0.05) is 23.3 Å². The molecule has 1 aliphatic rings. The molecule has 4 aromatic rings. The third-order valence-corrected chi connectivity index (χ3v) is 10.9. The smallest absolute Gasteiger partial charge is 0.429 e. The van der Waals surface area contributed by atoms with Crippen LogP contribution >= 0.6 is 0 Å². The van der Waals surface area contributed by atoms with Crippen molar-refractivity contribution >= 4 is 0 Å². The Morgan fingerprint density at radius 1 is 0.527 bits per heavy atom. The molecule has 0 atom stereocenters. The summed E-state index contributed by atoms with van der Waals surface area (Å²) < 4.78 is 134. The lowest BCUT2D eigenvalue weighted by Crippen LogP contribution is -2.25. The maximum absolute atomic E-state index is 15.4. The van der Waals surface area contributed by atoms with Crippen LogP contribution in [0.3, 0.4) is 0 Å². The van der Waals surface area contributed by atoms with E-state index in [-0.39, 0.29) is 34.7 Å². The van der Waals surface area contributed by atoms with E-state index in [0.29, 0.717) is 18.1 Å². The van der Waals surface area contributed by atoms with Gasteiger partial charge in [-0.05, 0) is 78.5 Å². The van der Waals surface area contributed by atoms with E-state index in [2.05, 4.69) is 11.7 Å². The first-order valence-corrected chi connectivity index (χ1v) is 19.7. The SMILES string of the molecule is CCCCCCCCCCCCCCC1CCC(c2ccc(-c3ccc(-c4cc(F)c(C(F)(F)Oc5cc(F)c(F)c(F)c5)c(F)c4)c(F)c3)c(F)c2)CC1. The second-order valence-corrected chi connectivity index (χ2v) is 15.0. The fourth-order valence-corrected chi connectivity index (χ4v) is 7.79. The number of ether oxygens (including phenoxy) is 1. The Hall–Kier alpha value is -3.95. The Morgan fingerprint density at radius 3 is 1.56 bits per heavy atom. The van der Waals surface area contributed by atoms with Crippen molar-refractivity contribution in [2.45, 2.75) is 128 Å². The molecule has 0 aromatic heterocycles. The van der Waals surface area contributed by atoms with E-state index in [1.807, 2.05) is 6.07 Å². The third kappa shape index (κ3) is 11.3. The highest BCUT2D eigenvalue weighted by molar-refractivity contribution is 5.72. The molecule has 5 rings (SSSR count). The van der Waals surface area contributed by atoms with Gasteiger partial charge in [0.25, 0.3) is 0 Å². The molecular weight excluding hydrogens is 727 g/mol. The standard InChI is InChI=1S/C45H49F9O/c1-2-3-4-5-6-7-8-9-10-11-12-13-14-29-15-17-30(18-16-29)31-19-21-35(37(46)23-31)32-20-22-36(38(47)24-32)33-25-39(48)43(40(49)26-33)45(53,54)55-34-27-41(50)44(52)42(51)28-34/h19-30H,2-18H2,1H3. The Labute approximate surface area is 318 Å². The van der Waals surface area contributed by atoms with Crippen LogP contribution in [0.25, 0.3) is 22.3 Å². The van der Waals surface area contributed by atoms with Gasteiger partial charge in [0.2, 0.25) is 0 Å². The van der Waals surface area contributed by atoms with Crippen molar-refractivity contribution in [2.75, 3.05) is 0 Å². The van der Waals surface area contributed by atoms with Crippen LogP contribution < -0.4 is 4.74 Å². The van der Waals surface area contributed by atoms with Crippen molar-refractivity contribution in [2.24, 2.45) is 5.92 Å². The van der Waals surface area contributed by atoms with Gasteiger partial charge in [-0.25, -0.2) is 30.7 Å². The molecule has 4 aromatic carbocycles. The summed E-state index contributed by atoms with van der Waals surface area (Å²) in [6.45, 7) is 2.25. The Kier molecular flexibility index (Phi) is 15.2. The van der Waals surface area contributed by atoms with Crippen LogP contribution in [0.5, 0.6) is 5.75 Å². The van der Waals surface area contributed by atoms with Gasteiger partial charge in [-0.2, -0.15) is 8.78 Å². The summed E-state index contributed by atoms with van der Waals surface area (Å²) in [6, 6.07) is 9.51. The Morgan fingerprint density at radius 2 is 1.02 bits per heavy atom. The van der Waals surface area contributed by atoms with Crippen molar-refractivity contribution < 1.29 is 44.3 Å². The molecule has 0 bridgehead atoms. The van der Waals surface area contributed by atoms with Gasteiger partial charge in [0.15, 0.2) is 17.5 Å². The van der Waals surface area contributed by atoms with Crippen molar-refractivity contribution in [1.82, 2.24) is 0 Å². The lowest BCUT2D eigenvalue weighted by Gasteiger charge is -2.29. The minimum atomic E-state index is -4.79. The van der Waals surface area contributed by atoms with E-state index in [0.717, 1.165) is 43.4 Å². The summed E-state index contributed by atoms with van der Waals surface area (Å²) in [5, 5.41) is 0. The van der Waals surface area contributed by atoms with Crippen LogP contribution in [0.2, 0.25) is 0 Å². The van der Waals surface area contributed by atoms with E-state index in [1.54, 1.807) is 6.07 Å². The Balaban J connectivity index is 1.12. The summed E-state index contributed by atoms with van der Waals surface area (Å²) >= 11 is 0. The highest BCUT2D eigenvalue weighted by Crippen LogP contribution is 2.41. The zero-order chi connectivity index (χ0) is 39.5. The molecule has 1 fully saturated rings. The van der Waals surface area contributed by atoms with Crippen LogP contribution in [0, 0.1) is 46.6 Å². The van der Waals surface area contributed by atoms with E-state index in [9.17, 15) is 30.7 Å². The monoisotopic (exact) mass is 776 g/mol. The summed E-state index contributed by atoms with van der Waals surface area (Å²) in [5.74, 6) is -11.1. The third-order valence-electron chi connectivity index (χ3n) is 10.9. The van der Waals surface area contributed by atoms with E-state index in [1.165, 1.54) is 95.6 Å². The maximum Gasteiger partial charge on any atom is 0.432 e. The molecule has 298 valence electrons. The number of hydrogen-bond acceptors (Lipinski definition) is 1. The van der Waals surface area contributed by atoms with E-state index < -0.39 is 63.7 Å². The minimum Gasteiger partial charge on any atom is -0.429 e. The molecule has 0 N–H and O–H groups in total. The number of unbranched alkanes of at least 4 members (excludes halogenated alkanes) is 11. The molecule has 0 unspecified atom stereocenters. The van der Waals surface area contributed by atoms with Gasteiger partial charge in [-0.3, -0.25) is 0 Å². The van der Waals surface area contributed by atoms with Crippen molar-refractivity contribution in [3.05, 3.63) is 113 Å². The largest absolute Gasteiger partial charge is 0.432 e. The number of alkyl halides is 2. The van der Waals surface area contributed by atoms with Crippen LogP contribution in [0.4, 0.5) is 39.5 Å². The molecular formula is C45H49F9O. The summed E-state index contributed by atoms with van der Waals surface area (Å²) in [7, 11) is 0. The van der Waals surface area contributed by atoms with Crippen molar-refractivity contribution in [1.29, 1.82) is 0 Å². The quantitative estimate of drug-likeness (QED) is 0.0524. The number of halogens is 9. The fraction of sp³-hybridized carbons (Fsp3) is 0.467. The Bertz CT molecular complexity index is 1820. The first-order valence-electron chi connectivity index (χ1n) is 19.7. The topological polar surface area (TPSA) is 9.23 Å². The molecule has 1 saturated carbocycles. The molecule has 0 radical (unpaired) electrons. The summed E-state index contributed by atoms with van der Waals surface area (Å²) in [4.78, 5) is 0. The van der Waals surface area contributed by atoms with Gasteiger partial charge in [0.05, 0.1) is 0 Å². The number of benzene rings is 4. The molecule has 1 nitrogen and oxygen atoms in total. The molecule has 1 aliphatic carbocycles. The number of rotatable bonds is 19. The first-order chi connectivity index (χ1) is 26.4. The first kappa shape index (κ1) is 42.2. The van der Waals surface area contributed by atoms with Crippen LogP contribution in [0.15, 0.2) is 60.7 Å². The fourth-order valence-electron chi connectivity index (χ4n) is 7.79. The van der Waals surface area contributed by atoms with Crippen LogP contribution in [-0.2, 0) is 6.11 Å². The summed E-state index contributed by atoms with van der Waals surface area (Å²) in [5.41, 5.74) is -1.50. The van der Waals surface area contributed by atoms with Gasteiger partial charge in [-0.15, -0.1) is 0 Å². The lowest BCUT2D eigenvalue weighted by molar-refractivity contribution is -0.189. The van der Waals surface area contributed by atoms with Crippen molar-refractivity contribution in [3.63, 3.8) is 0 Å². The van der Waals surface area contributed by atoms with Crippen LogP contribution in [0.1, 0.15) is 133 Å². The van der Waals surface area contributed by atoms with Gasteiger partial charge < -0.3 is 4.74 Å². The number of hydrogen-bond donors (Lipinski definition) is 0. The molecule has 10 heteroatoms. The van der Waals surface area contributed by atoms with Gasteiger partial charge in [-0.1, -0.05) is 115 Å². The highest BCUT2D eigenvalue weighted by atomic mass is 19.3. The second-order valence-electron chi connectivity index (χ2n) is 15.0. The minimum absolute atomic E-state index is 0.0930. The predicted octanol–water partition coefficient (Wildman–Crippen LogP) is 15.5. The van der Waals surface area contributed by atoms with E-state index in [4.69, 9.17) is 0 Å². The average molecular weight is 777 g/mol. The molecule has 0 aliphatic heterocycles. The van der Waals surface area contributed by atoms with Gasteiger partial charge >= 0.3 is 6.11 Å². The average Bonchev–Trinajstić information content (AvgIpc) is 3.14. The lowest BCUT2D eigenvalue weighted by atomic mass is 9.77. The van der Waals surface area contributed by atoms with Gasteiger partial charge in [0.1, 0.15) is 34.6 Å². The van der Waals surface area contributed by atoms with Crippen LogP contribution in [-0.4, -0.2) is 0 Å². The molecule has 0 saturated heterocycles. The zero-order valence-electron chi connectivity index (χ0n) is 31.3. The molecule has 0 spiro atoms. The predicted molar refractivity (Wildman–Crippen MR) is 198 cm³/mol. The summed E-state index contributed by atoms with van der Waals surface area (Å²) in [6.07, 6.45) is 16.6. The van der Waals surface area contributed by atoms with Crippen molar-refractivity contribution in [3.8, 4) is 28.0 Å². The molecule has 0 amide bonds. The normalized spacial score (nSPS) is 16.1. The molecule has 0 heterocycles.